The van der Waals surface area contributed by atoms with Gasteiger partial charge < -0.3 is 14.5 Å². The first kappa shape index (κ1) is 33.2. The highest BCUT2D eigenvalue weighted by molar-refractivity contribution is 7.92. The second-order valence-corrected chi connectivity index (χ2v) is 13.8. The molecular weight excluding hydrogens is 612 g/mol. The van der Waals surface area contributed by atoms with Crippen LogP contribution in [0.25, 0.3) is 0 Å². The first-order chi connectivity index (χ1) is 20.7. The largest absolute Gasteiger partial charge is 0.444 e. The number of piperazine rings is 1. The maximum absolute atomic E-state index is 15.1. The molecule has 4 rings (SSSR count). The number of anilines is 1. The number of carbonyl (C=O) groups excluding carboxylic acids is 2. The highest BCUT2D eigenvalue weighted by atomic mass is 35.5. The molecule has 0 spiro atoms. The molecule has 0 radical (unpaired) electrons. The third kappa shape index (κ3) is 7.87. The van der Waals surface area contributed by atoms with Crippen LogP contribution in [0.3, 0.4) is 0 Å². The van der Waals surface area contributed by atoms with Crippen LogP contribution in [-0.4, -0.2) is 62.0 Å². The third-order valence-electron chi connectivity index (χ3n) is 7.27. The SMILES string of the molecule is C[C@H](c1ccccc1CCC(=O)N1CCN(C(=O)OC(C)(C)C)CC1)N(c1cc(F)ccc1F)S(=O)(=O)c1ccc(Cl)cc1. The van der Waals surface area contributed by atoms with Crippen molar-refractivity contribution in [1.82, 2.24) is 9.80 Å². The normalized spacial score (nSPS) is 14.7. The minimum absolute atomic E-state index is 0.113. The van der Waals surface area contributed by atoms with E-state index in [9.17, 15) is 22.4 Å². The zero-order valence-electron chi connectivity index (χ0n) is 25.1. The summed E-state index contributed by atoms with van der Waals surface area (Å²) in [7, 11) is -4.40. The maximum atomic E-state index is 15.1. The van der Waals surface area contributed by atoms with E-state index in [1.807, 2.05) is 0 Å². The molecule has 3 aromatic carbocycles. The number of hydrogen-bond acceptors (Lipinski definition) is 5. The molecule has 0 bridgehead atoms. The van der Waals surface area contributed by atoms with Crippen LogP contribution in [0.5, 0.6) is 0 Å². The van der Waals surface area contributed by atoms with Gasteiger partial charge in [0.2, 0.25) is 5.91 Å². The minimum Gasteiger partial charge on any atom is -0.444 e. The summed E-state index contributed by atoms with van der Waals surface area (Å²) in [5.41, 5.74) is 0.171. The standard InChI is InChI=1S/C32H36ClF2N3O5S/c1-22(38(29-21-25(34)12-15-28(29)35)44(41,42)26-13-10-24(33)11-14-26)27-8-6-5-7-23(27)9-16-30(39)36-17-19-37(20-18-36)31(40)43-32(2,3)4/h5-8,10-15,21-22H,9,16-20H2,1-4H3/t22-/m1/s1. The van der Waals surface area contributed by atoms with Gasteiger partial charge in [-0.05, 0) is 81.6 Å². The Bertz CT molecular complexity index is 1600. The number of carbonyl (C=O) groups is 2. The number of rotatable bonds is 8. The highest BCUT2D eigenvalue weighted by Crippen LogP contribution is 2.37. The van der Waals surface area contributed by atoms with E-state index in [1.165, 1.54) is 24.3 Å². The minimum atomic E-state index is -4.40. The Kier molecular flexibility index (Phi) is 10.2. The molecule has 0 aromatic heterocycles. The van der Waals surface area contributed by atoms with Crippen molar-refractivity contribution in [2.75, 3.05) is 30.5 Å². The molecule has 2 amide bonds. The van der Waals surface area contributed by atoms with Gasteiger partial charge in [-0.3, -0.25) is 9.10 Å². The second kappa shape index (κ2) is 13.5. The Morgan fingerprint density at radius 2 is 1.57 bits per heavy atom. The van der Waals surface area contributed by atoms with Gasteiger partial charge in [0.25, 0.3) is 10.0 Å². The number of hydrogen-bond donors (Lipinski definition) is 0. The summed E-state index contributed by atoms with van der Waals surface area (Å²) in [6.45, 7) is 8.41. The highest BCUT2D eigenvalue weighted by Gasteiger charge is 2.34. The quantitative estimate of drug-likeness (QED) is 0.275. The van der Waals surface area contributed by atoms with Crippen molar-refractivity contribution >= 4 is 39.3 Å². The Balaban J connectivity index is 1.55. The molecule has 1 aliphatic heterocycles. The molecule has 236 valence electrons. The monoisotopic (exact) mass is 647 g/mol. The molecule has 0 N–H and O–H groups in total. The first-order valence-corrected chi connectivity index (χ1v) is 16.1. The van der Waals surface area contributed by atoms with Gasteiger partial charge in [-0.15, -0.1) is 0 Å². The van der Waals surface area contributed by atoms with Crippen LogP contribution >= 0.6 is 11.6 Å². The van der Waals surface area contributed by atoms with Crippen molar-refractivity contribution in [3.8, 4) is 0 Å². The van der Waals surface area contributed by atoms with Gasteiger partial charge in [0, 0.05) is 43.7 Å². The number of sulfonamides is 1. The summed E-state index contributed by atoms with van der Waals surface area (Å²) in [6.07, 6.45) is 0.000848. The van der Waals surface area contributed by atoms with Gasteiger partial charge in [0.15, 0.2) is 0 Å². The van der Waals surface area contributed by atoms with Gasteiger partial charge in [-0.1, -0.05) is 35.9 Å². The topological polar surface area (TPSA) is 87.2 Å². The predicted molar refractivity (Wildman–Crippen MR) is 165 cm³/mol. The number of amides is 2. The van der Waals surface area contributed by atoms with Crippen molar-refractivity contribution in [2.24, 2.45) is 0 Å². The van der Waals surface area contributed by atoms with Crippen molar-refractivity contribution < 1.29 is 31.5 Å². The summed E-state index contributed by atoms with van der Waals surface area (Å²) < 4.78 is 63.7. The summed E-state index contributed by atoms with van der Waals surface area (Å²) >= 11 is 5.97. The second-order valence-electron chi connectivity index (χ2n) is 11.6. The molecule has 1 atom stereocenters. The lowest BCUT2D eigenvalue weighted by atomic mass is 9.97. The van der Waals surface area contributed by atoms with Crippen LogP contribution in [0.15, 0.2) is 71.6 Å². The van der Waals surface area contributed by atoms with E-state index in [0.717, 1.165) is 22.5 Å². The molecule has 1 fully saturated rings. The van der Waals surface area contributed by atoms with Crippen molar-refractivity contribution in [1.29, 1.82) is 0 Å². The van der Waals surface area contributed by atoms with E-state index in [-0.39, 0.29) is 23.6 Å². The fourth-order valence-corrected chi connectivity index (χ4v) is 6.84. The molecule has 0 saturated carbocycles. The van der Waals surface area contributed by atoms with Crippen molar-refractivity contribution in [2.45, 2.75) is 57.1 Å². The number of halogens is 3. The maximum Gasteiger partial charge on any atom is 0.410 e. The summed E-state index contributed by atoms with van der Waals surface area (Å²) in [4.78, 5) is 28.6. The van der Waals surface area contributed by atoms with Crippen LogP contribution in [0.2, 0.25) is 5.02 Å². The van der Waals surface area contributed by atoms with E-state index >= 15 is 4.39 Å². The molecule has 1 aliphatic rings. The Labute approximate surface area is 262 Å². The van der Waals surface area contributed by atoms with Gasteiger partial charge in [0.1, 0.15) is 17.2 Å². The van der Waals surface area contributed by atoms with E-state index in [2.05, 4.69) is 0 Å². The zero-order chi connectivity index (χ0) is 32.2. The predicted octanol–water partition coefficient (Wildman–Crippen LogP) is 6.59. The third-order valence-corrected chi connectivity index (χ3v) is 9.42. The van der Waals surface area contributed by atoms with Gasteiger partial charge in [-0.2, -0.15) is 0 Å². The summed E-state index contributed by atoms with van der Waals surface area (Å²) in [6, 6.07) is 14.1. The fraction of sp³-hybridized carbons (Fsp3) is 0.375. The summed E-state index contributed by atoms with van der Waals surface area (Å²) in [5.74, 6) is -1.82. The Morgan fingerprint density at radius 1 is 0.955 bits per heavy atom. The lowest BCUT2D eigenvalue weighted by Gasteiger charge is -2.35. The van der Waals surface area contributed by atoms with E-state index in [1.54, 1.807) is 61.8 Å². The van der Waals surface area contributed by atoms with Crippen molar-refractivity contribution in [3.05, 3.63) is 94.5 Å². The molecule has 12 heteroatoms. The lowest BCUT2D eigenvalue weighted by molar-refractivity contribution is -0.132. The first-order valence-electron chi connectivity index (χ1n) is 14.3. The van der Waals surface area contributed by atoms with E-state index in [4.69, 9.17) is 16.3 Å². The lowest BCUT2D eigenvalue weighted by Crippen LogP contribution is -2.51. The summed E-state index contributed by atoms with van der Waals surface area (Å²) in [5, 5.41) is 0.321. The molecule has 3 aromatic rings. The van der Waals surface area contributed by atoms with Crippen LogP contribution < -0.4 is 4.31 Å². The van der Waals surface area contributed by atoms with Crippen molar-refractivity contribution in [3.63, 3.8) is 0 Å². The molecular formula is C32H36ClF2N3O5S. The average Bonchev–Trinajstić information content (AvgIpc) is 2.97. The molecule has 0 aliphatic carbocycles. The number of aryl methyl sites for hydroxylation is 1. The molecule has 1 heterocycles. The molecule has 1 saturated heterocycles. The molecule has 8 nitrogen and oxygen atoms in total. The van der Waals surface area contributed by atoms with Crippen LogP contribution in [0.1, 0.15) is 51.3 Å². The average molecular weight is 648 g/mol. The van der Waals surface area contributed by atoms with Gasteiger partial charge in [-0.25, -0.2) is 22.0 Å². The molecule has 0 unspecified atom stereocenters. The van der Waals surface area contributed by atoms with Crippen LogP contribution in [0, 0.1) is 11.6 Å². The fourth-order valence-electron chi connectivity index (χ4n) is 5.08. The van der Waals surface area contributed by atoms with E-state index < -0.39 is 45.1 Å². The van der Waals surface area contributed by atoms with Gasteiger partial charge in [0.05, 0.1) is 16.6 Å². The number of nitrogens with zero attached hydrogens (tertiary/aromatic N) is 3. The van der Waals surface area contributed by atoms with Gasteiger partial charge >= 0.3 is 6.09 Å². The number of ether oxygens (including phenoxy) is 1. The number of benzene rings is 3. The zero-order valence-corrected chi connectivity index (χ0v) is 26.7. The smallest absolute Gasteiger partial charge is 0.410 e. The van der Waals surface area contributed by atoms with E-state index in [0.29, 0.717) is 42.3 Å². The van der Waals surface area contributed by atoms with Crippen LogP contribution in [0.4, 0.5) is 19.3 Å². The van der Waals surface area contributed by atoms with Crippen LogP contribution in [-0.2, 0) is 26.0 Å². The Morgan fingerprint density at radius 3 is 2.20 bits per heavy atom. The Hall–Kier alpha value is -3.70. The molecule has 44 heavy (non-hydrogen) atoms.